The average molecular weight is 471 g/mol. The third-order valence-corrected chi connectivity index (χ3v) is 6.76. The molecule has 4 rings (SSSR count). The number of thioether (sulfide) groups is 1. The number of carbonyl (C=O) groups excluding carboxylic acids is 1. The van der Waals surface area contributed by atoms with Gasteiger partial charge < -0.3 is 9.47 Å². The number of carbonyl (C=O) groups is 1. The molecule has 1 atom stereocenters. The molecule has 4 aromatic rings. The van der Waals surface area contributed by atoms with E-state index in [0.29, 0.717) is 13.1 Å². The summed E-state index contributed by atoms with van der Waals surface area (Å²) in [6.07, 6.45) is 0.721. The van der Waals surface area contributed by atoms with Crippen molar-refractivity contribution in [2.45, 2.75) is 50.3 Å². The molecule has 1 amide bonds. The zero-order chi connectivity index (χ0) is 23.8. The van der Waals surface area contributed by atoms with Gasteiger partial charge in [0.2, 0.25) is 5.91 Å². The van der Waals surface area contributed by atoms with Crippen LogP contribution in [0.25, 0.3) is 0 Å². The maximum atomic E-state index is 13.6. The highest BCUT2D eigenvalue weighted by Crippen LogP contribution is 2.26. The second-order valence-corrected chi connectivity index (χ2v) is 9.54. The molecule has 0 saturated carbocycles. The molecule has 1 aromatic heterocycles. The summed E-state index contributed by atoms with van der Waals surface area (Å²) in [5, 5.41) is 9.38. The molecule has 6 heteroatoms. The molecule has 0 aliphatic rings. The number of hydrogen-bond donors (Lipinski definition) is 0. The Kier molecular flexibility index (Phi) is 8.15. The van der Waals surface area contributed by atoms with E-state index in [1.165, 1.54) is 17.3 Å². The molecule has 0 saturated heterocycles. The molecule has 1 heterocycles. The van der Waals surface area contributed by atoms with Crippen LogP contribution in [0.5, 0.6) is 0 Å². The quantitative estimate of drug-likeness (QED) is 0.283. The van der Waals surface area contributed by atoms with E-state index >= 15 is 0 Å². The maximum absolute atomic E-state index is 13.6. The predicted molar refractivity (Wildman–Crippen MR) is 137 cm³/mol. The van der Waals surface area contributed by atoms with Crippen LogP contribution in [0.4, 0.5) is 0 Å². The van der Waals surface area contributed by atoms with Crippen molar-refractivity contribution in [1.82, 2.24) is 19.7 Å². The first-order valence-electron chi connectivity index (χ1n) is 11.6. The van der Waals surface area contributed by atoms with Crippen molar-refractivity contribution in [2.75, 3.05) is 0 Å². The molecular weight excluding hydrogens is 440 g/mol. The zero-order valence-corrected chi connectivity index (χ0v) is 20.5. The molecule has 0 N–H and O–H groups in total. The van der Waals surface area contributed by atoms with Crippen LogP contribution in [-0.4, -0.2) is 30.8 Å². The van der Waals surface area contributed by atoms with Gasteiger partial charge in [0.25, 0.3) is 0 Å². The highest BCUT2D eigenvalue weighted by molar-refractivity contribution is 8.00. The summed E-state index contributed by atoms with van der Waals surface area (Å²) in [4.78, 5) is 15.5. The van der Waals surface area contributed by atoms with Gasteiger partial charge in [-0.05, 0) is 30.5 Å². The lowest BCUT2D eigenvalue weighted by molar-refractivity contribution is -0.131. The number of aromatic nitrogens is 3. The maximum Gasteiger partial charge on any atom is 0.236 e. The molecule has 0 spiro atoms. The molecule has 0 aliphatic carbocycles. The summed E-state index contributed by atoms with van der Waals surface area (Å²) in [6.45, 7) is 5.95. The minimum Gasteiger partial charge on any atom is -0.333 e. The van der Waals surface area contributed by atoms with Crippen LogP contribution < -0.4 is 0 Å². The van der Waals surface area contributed by atoms with Crippen LogP contribution >= 0.6 is 11.8 Å². The normalized spacial score (nSPS) is 11.8. The first-order chi connectivity index (χ1) is 16.6. The fourth-order valence-electron chi connectivity index (χ4n) is 3.92. The fourth-order valence-corrected chi connectivity index (χ4v) is 4.93. The largest absolute Gasteiger partial charge is 0.333 e. The first kappa shape index (κ1) is 23.8. The Bertz CT molecular complexity index is 1140. The van der Waals surface area contributed by atoms with Crippen molar-refractivity contribution in [2.24, 2.45) is 0 Å². The average Bonchev–Trinajstić information content (AvgIpc) is 3.25. The van der Waals surface area contributed by atoms with E-state index < -0.39 is 0 Å². The third kappa shape index (κ3) is 6.14. The molecule has 0 aliphatic heterocycles. The summed E-state index contributed by atoms with van der Waals surface area (Å²) in [7, 11) is 0. The lowest BCUT2D eigenvalue weighted by atomic mass is 10.1. The number of amides is 1. The predicted octanol–water partition coefficient (Wildman–Crippen LogP) is 5.60. The molecule has 0 radical (unpaired) electrons. The van der Waals surface area contributed by atoms with E-state index in [1.807, 2.05) is 66.4 Å². The van der Waals surface area contributed by atoms with Crippen LogP contribution in [-0.2, 0) is 30.8 Å². The highest BCUT2D eigenvalue weighted by Gasteiger charge is 2.25. The van der Waals surface area contributed by atoms with Gasteiger partial charge in [-0.25, -0.2) is 0 Å². The molecule has 5 nitrogen and oxygen atoms in total. The number of benzene rings is 3. The van der Waals surface area contributed by atoms with E-state index in [1.54, 1.807) is 0 Å². The number of rotatable bonds is 10. The molecule has 0 bridgehead atoms. The van der Waals surface area contributed by atoms with Gasteiger partial charge in [0.1, 0.15) is 5.82 Å². The van der Waals surface area contributed by atoms with Crippen molar-refractivity contribution in [3.63, 3.8) is 0 Å². The Hall–Kier alpha value is -3.38. The summed E-state index contributed by atoms with van der Waals surface area (Å²) in [5.74, 6) is 1.01. The summed E-state index contributed by atoms with van der Waals surface area (Å²) < 4.78 is 2.11. The van der Waals surface area contributed by atoms with E-state index in [4.69, 9.17) is 0 Å². The van der Waals surface area contributed by atoms with Gasteiger partial charge in [-0.2, -0.15) is 0 Å². The molecule has 1 unspecified atom stereocenters. The smallest absolute Gasteiger partial charge is 0.236 e. The molecule has 174 valence electrons. The Morgan fingerprint density at radius 3 is 1.82 bits per heavy atom. The van der Waals surface area contributed by atoms with Crippen molar-refractivity contribution >= 4 is 17.7 Å². The summed E-state index contributed by atoms with van der Waals surface area (Å²) in [6, 6.07) is 30.6. The van der Waals surface area contributed by atoms with E-state index in [-0.39, 0.29) is 11.2 Å². The molecule has 3 aromatic carbocycles. The van der Waals surface area contributed by atoms with Crippen LogP contribution in [0.15, 0.2) is 96.2 Å². The molecule has 0 fully saturated rings. The topological polar surface area (TPSA) is 51.0 Å². The molecule has 34 heavy (non-hydrogen) atoms. The van der Waals surface area contributed by atoms with E-state index in [2.05, 4.69) is 58.1 Å². The van der Waals surface area contributed by atoms with E-state index in [9.17, 15) is 4.79 Å². The lowest BCUT2D eigenvalue weighted by Crippen LogP contribution is -2.35. The summed E-state index contributed by atoms with van der Waals surface area (Å²) >= 11 is 1.48. The van der Waals surface area contributed by atoms with Crippen LogP contribution in [0.1, 0.15) is 36.4 Å². The number of nitrogens with zero attached hydrogens (tertiary/aromatic N) is 4. The minimum absolute atomic E-state index is 0.0907. The van der Waals surface area contributed by atoms with Gasteiger partial charge in [-0.3, -0.25) is 4.79 Å². The summed E-state index contributed by atoms with van der Waals surface area (Å²) in [5.41, 5.74) is 3.43. The number of hydrogen-bond acceptors (Lipinski definition) is 4. The van der Waals surface area contributed by atoms with Crippen LogP contribution in [0, 0.1) is 0 Å². The Labute approximate surface area is 205 Å². The van der Waals surface area contributed by atoms with Crippen molar-refractivity contribution in [3.8, 4) is 0 Å². The van der Waals surface area contributed by atoms with Gasteiger partial charge >= 0.3 is 0 Å². The Balaban J connectivity index is 1.50. The van der Waals surface area contributed by atoms with Gasteiger partial charge in [-0.1, -0.05) is 103 Å². The van der Waals surface area contributed by atoms with Gasteiger partial charge in [0, 0.05) is 26.1 Å². The van der Waals surface area contributed by atoms with Crippen LogP contribution in [0.3, 0.4) is 0 Å². The SMILES string of the molecule is CCn1c(Cc2ccccc2)nnc1SC(C)C(=O)N(Cc1ccccc1)Cc1ccccc1. The Morgan fingerprint density at radius 1 is 0.824 bits per heavy atom. The minimum atomic E-state index is -0.286. The monoisotopic (exact) mass is 470 g/mol. The second-order valence-electron chi connectivity index (χ2n) is 8.23. The van der Waals surface area contributed by atoms with Crippen molar-refractivity contribution in [3.05, 3.63) is 114 Å². The third-order valence-electron chi connectivity index (χ3n) is 5.69. The van der Waals surface area contributed by atoms with Gasteiger partial charge in [0.15, 0.2) is 5.16 Å². The van der Waals surface area contributed by atoms with Crippen molar-refractivity contribution < 1.29 is 4.79 Å². The van der Waals surface area contributed by atoms with Gasteiger partial charge in [-0.15, -0.1) is 10.2 Å². The molecular formula is C28H30N4OS. The lowest BCUT2D eigenvalue weighted by Gasteiger charge is -2.26. The standard InChI is InChI=1S/C28H30N4OS/c1-3-32-26(19-23-13-7-4-8-14-23)29-30-28(32)34-22(2)27(33)31(20-24-15-9-5-10-16-24)21-25-17-11-6-12-18-25/h4-18,22H,3,19-21H2,1-2H3. The van der Waals surface area contributed by atoms with Gasteiger partial charge in [0.05, 0.1) is 5.25 Å². The fraction of sp³-hybridized carbons (Fsp3) is 0.250. The first-order valence-corrected chi connectivity index (χ1v) is 12.5. The van der Waals surface area contributed by atoms with Crippen molar-refractivity contribution in [1.29, 1.82) is 0 Å². The second kappa shape index (κ2) is 11.7. The van der Waals surface area contributed by atoms with E-state index in [0.717, 1.165) is 35.1 Å². The van der Waals surface area contributed by atoms with Crippen LogP contribution in [0.2, 0.25) is 0 Å². The Morgan fingerprint density at radius 2 is 1.32 bits per heavy atom. The highest BCUT2D eigenvalue weighted by atomic mass is 32.2. The zero-order valence-electron chi connectivity index (χ0n) is 19.7.